The molecule has 44 heavy (non-hydrogen) atoms. The third-order valence-electron chi connectivity index (χ3n) is 7.82. The summed E-state index contributed by atoms with van der Waals surface area (Å²) in [5.41, 5.74) is 6.70. The molecule has 1 unspecified atom stereocenters. The Labute approximate surface area is 258 Å². The van der Waals surface area contributed by atoms with Crippen molar-refractivity contribution in [2.75, 3.05) is 17.2 Å². The number of carbonyl (C=O) groups excluding carboxylic acids is 2. The first-order valence-corrected chi connectivity index (χ1v) is 15.3. The molecule has 222 valence electrons. The number of benzene rings is 4. The molecule has 0 radical (unpaired) electrons. The quantitative estimate of drug-likeness (QED) is 0.218. The van der Waals surface area contributed by atoms with Crippen LogP contribution in [-0.4, -0.2) is 33.9 Å². The number of hydrogen-bond acceptors (Lipinski definition) is 4. The fourth-order valence-corrected chi connectivity index (χ4v) is 6.56. The molecule has 4 aromatic carbocycles. The number of rotatable bonds is 7. The molecule has 0 fully saturated rings. The summed E-state index contributed by atoms with van der Waals surface area (Å²) in [7, 11) is 0. The van der Waals surface area contributed by atoms with Gasteiger partial charge in [-0.2, -0.15) is 5.10 Å². The lowest BCUT2D eigenvalue weighted by Crippen LogP contribution is -2.42. The Morgan fingerprint density at radius 3 is 2.30 bits per heavy atom. The zero-order valence-electron chi connectivity index (χ0n) is 24.3. The van der Waals surface area contributed by atoms with Gasteiger partial charge in [-0.1, -0.05) is 66.7 Å². The van der Waals surface area contributed by atoms with E-state index in [0.29, 0.717) is 11.5 Å². The van der Waals surface area contributed by atoms with Crippen molar-refractivity contribution in [1.29, 1.82) is 0 Å². The van der Waals surface area contributed by atoms with Crippen molar-refractivity contribution in [3.8, 4) is 16.9 Å². The molecule has 0 saturated heterocycles. The smallest absolute Gasteiger partial charge is 0.240 e. The zero-order valence-corrected chi connectivity index (χ0v) is 25.1. The number of nitrogens with zero attached hydrogens (tertiary/aromatic N) is 3. The highest BCUT2D eigenvalue weighted by molar-refractivity contribution is 8.00. The maximum absolute atomic E-state index is 14.0. The third kappa shape index (κ3) is 5.88. The van der Waals surface area contributed by atoms with Gasteiger partial charge in [-0.25, -0.2) is 13.5 Å². The summed E-state index contributed by atoms with van der Waals surface area (Å²) in [6.07, 6.45) is 0. The van der Waals surface area contributed by atoms with Gasteiger partial charge in [-0.15, -0.1) is 11.8 Å². The lowest BCUT2D eigenvalue weighted by molar-refractivity contribution is -0.123. The summed E-state index contributed by atoms with van der Waals surface area (Å²) in [4.78, 5) is 28.8. The van der Waals surface area contributed by atoms with E-state index in [9.17, 15) is 18.4 Å². The van der Waals surface area contributed by atoms with Crippen molar-refractivity contribution in [2.45, 2.75) is 25.6 Å². The van der Waals surface area contributed by atoms with Gasteiger partial charge in [0.15, 0.2) is 0 Å². The van der Waals surface area contributed by atoms with Crippen LogP contribution in [0, 0.1) is 25.5 Å². The molecule has 1 aliphatic heterocycles. The van der Waals surface area contributed by atoms with E-state index in [1.807, 2.05) is 62.4 Å². The first-order valence-electron chi connectivity index (χ1n) is 14.2. The van der Waals surface area contributed by atoms with Crippen molar-refractivity contribution in [3.63, 3.8) is 0 Å². The van der Waals surface area contributed by atoms with E-state index in [-0.39, 0.29) is 47.5 Å². The van der Waals surface area contributed by atoms with Crippen molar-refractivity contribution < 1.29 is 18.4 Å². The average molecular weight is 609 g/mol. The number of fused-ring (bicyclic) bond motifs is 1. The summed E-state index contributed by atoms with van der Waals surface area (Å²) in [5.74, 6) is -0.720. The predicted molar refractivity (Wildman–Crippen MR) is 170 cm³/mol. The SMILES string of the molecule is Cc1cccc(-n2nc(-c3ccccc3)c3c2N(CC(=O)NCc2ccc(F)cc2)C(=O)CSC3c2ccc(F)cc2)c1C. The summed E-state index contributed by atoms with van der Waals surface area (Å²) >= 11 is 1.43. The number of thioether (sulfide) groups is 1. The molecule has 0 bridgehead atoms. The van der Waals surface area contributed by atoms with E-state index in [0.717, 1.165) is 39.1 Å². The highest BCUT2D eigenvalue weighted by atomic mass is 32.2. The van der Waals surface area contributed by atoms with E-state index >= 15 is 0 Å². The summed E-state index contributed by atoms with van der Waals surface area (Å²) < 4.78 is 29.2. The molecule has 6 nitrogen and oxygen atoms in total. The van der Waals surface area contributed by atoms with Crippen molar-refractivity contribution >= 4 is 29.4 Å². The molecule has 1 aromatic heterocycles. The molecule has 0 saturated carbocycles. The molecule has 1 aliphatic rings. The Morgan fingerprint density at radius 1 is 0.909 bits per heavy atom. The first kappa shape index (κ1) is 29.3. The lowest BCUT2D eigenvalue weighted by Gasteiger charge is -2.24. The van der Waals surface area contributed by atoms with E-state index in [1.165, 1.54) is 40.9 Å². The van der Waals surface area contributed by atoms with Gasteiger partial charge in [0.2, 0.25) is 11.8 Å². The maximum Gasteiger partial charge on any atom is 0.240 e. The van der Waals surface area contributed by atoms with Gasteiger partial charge in [0.05, 0.1) is 22.4 Å². The normalized spacial score (nSPS) is 14.7. The van der Waals surface area contributed by atoms with E-state index < -0.39 is 0 Å². The maximum atomic E-state index is 14.0. The van der Waals surface area contributed by atoms with E-state index in [4.69, 9.17) is 5.10 Å². The second kappa shape index (κ2) is 12.5. The number of halogens is 2. The number of anilines is 1. The zero-order chi connectivity index (χ0) is 30.8. The van der Waals surface area contributed by atoms with Crippen LogP contribution in [0.4, 0.5) is 14.6 Å². The van der Waals surface area contributed by atoms with Crippen LogP contribution in [0.5, 0.6) is 0 Å². The second-order valence-electron chi connectivity index (χ2n) is 10.7. The summed E-state index contributed by atoms with van der Waals surface area (Å²) in [6.45, 7) is 3.97. The highest BCUT2D eigenvalue weighted by Crippen LogP contribution is 2.48. The minimum Gasteiger partial charge on any atom is -0.350 e. The molecule has 2 amide bonds. The molecule has 1 atom stereocenters. The molecule has 0 aliphatic carbocycles. The number of carbonyl (C=O) groups is 2. The fourth-order valence-electron chi connectivity index (χ4n) is 5.36. The third-order valence-corrected chi connectivity index (χ3v) is 9.07. The molecule has 1 N–H and O–H groups in total. The van der Waals surface area contributed by atoms with Crippen LogP contribution in [0.25, 0.3) is 16.9 Å². The van der Waals surface area contributed by atoms with Gasteiger partial charge in [-0.3, -0.25) is 14.5 Å². The van der Waals surface area contributed by atoms with Crippen LogP contribution in [0.1, 0.15) is 33.1 Å². The number of nitrogens with one attached hydrogen (secondary N) is 1. The van der Waals surface area contributed by atoms with E-state index in [2.05, 4.69) is 5.32 Å². The van der Waals surface area contributed by atoms with E-state index in [1.54, 1.807) is 28.9 Å². The van der Waals surface area contributed by atoms with Crippen LogP contribution < -0.4 is 10.2 Å². The van der Waals surface area contributed by atoms with Gasteiger partial charge in [0.1, 0.15) is 24.0 Å². The average Bonchev–Trinajstić information content (AvgIpc) is 3.35. The minimum absolute atomic E-state index is 0.100. The van der Waals surface area contributed by atoms with Gasteiger partial charge in [0, 0.05) is 17.7 Å². The van der Waals surface area contributed by atoms with Crippen molar-refractivity contribution in [3.05, 3.63) is 137 Å². The molecule has 5 aromatic rings. The van der Waals surface area contributed by atoms with Gasteiger partial charge in [-0.05, 0) is 66.4 Å². The van der Waals surface area contributed by atoms with Gasteiger partial charge >= 0.3 is 0 Å². The molecule has 6 rings (SSSR count). The van der Waals surface area contributed by atoms with Crippen LogP contribution in [0.15, 0.2) is 97.1 Å². The molecular weight excluding hydrogens is 578 g/mol. The number of aromatic nitrogens is 2. The monoisotopic (exact) mass is 608 g/mol. The molecule has 0 spiro atoms. The van der Waals surface area contributed by atoms with Gasteiger partial charge < -0.3 is 5.32 Å². The number of aryl methyl sites for hydroxylation is 1. The minimum atomic E-state index is -0.367. The molecular formula is C35H30F2N4O2S. The van der Waals surface area contributed by atoms with Crippen LogP contribution in [-0.2, 0) is 16.1 Å². The van der Waals surface area contributed by atoms with Crippen molar-refractivity contribution in [1.82, 2.24) is 15.1 Å². The predicted octanol–water partition coefficient (Wildman–Crippen LogP) is 6.92. The number of amides is 2. The van der Waals surface area contributed by atoms with Crippen molar-refractivity contribution in [2.24, 2.45) is 0 Å². The Morgan fingerprint density at radius 2 is 1.59 bits per heavy atom. The molecule has 2 heterocycles. The summed E-state index contributed by atoms with van der Waals surface area (Å²) in [6, 6.07) is 27.8. The Hall–Kier alpha value is -4.76. The van der Waals surface area contributed by atoms with Crippen LogP contribution in [0.3, 0.4) is 0 Å². The Bertz CT molecular complexity index is 1820. The largest absolute Gasteiger partial charge is 0.350 e. The van der Waals surface area contributed by atoms with Crippen LogP contribution >= 0.6 is 11.8 Å². The molecule has 9 heteroatoms. The summed E-state index contributed by atoms with van der Waals surface area (Å²) in [5, 5.41) is 7.64. The van der Waals surface area contributed by atoms with Crippen LogP contribution in [0.2, 0.25) is 0 Å². The Balaban J connectivity index is 1.52. The number of hydrogen-bond donors (Lipinski definition) is 1. The van der Waals surface area contributed by atoms with Gasteiger partial charge in [0.25, 0.3) is 0 Å². The highest BCUT2D eigenvalue weighted by Gasteiger charge is 2.38. The second-order valence-corrected chi connectivity index (χ2v) is 11.8. The topological polar surface area (TPSA) is 67.2 Å². The first-order chi connectivity index (χ1) is 21.3. The fraction of sp³-hybridized carbons (Fsp3) is 0.171. The standard InChI is InChI=1S/C35H30F2N4O2S/c1-22-7-6-10-29(23(22)2)41-35-32(33(39-41)25-8-4-3-5-9-25)34(26-13-17-28(37)18-14-26)44-21-31(43)40(35)20-30(42)38-19-24-11-15-27(36)16-12-24/h3-18,34H,19-21H2,1-2H3,(H,38,42). The lowest BCUT2D eigenvalue weighted by atomic mass is 9.99. The Kier molecular flexibility index (Phi) is 8.30.